The summed E-state index contributed by atoms with van der Waals surface area (Å²) in [5.74, 6) is 1.01. The van der Waals surface area contributed by atoms with Gasteiger partial charge in [0.2, 0.25) is 5.91 Å². The first-order valence-corrected chi connectivity index (χ1v) is 9.31. The van der Waals surface area contributed by atoms with Crippen molar-refractivity contribution in [3.05, 3.63) is 59.4 Å². The van der Waals surface area contributed by atoms with Crippen molar-refractivity contribution in [3.63, 3.8) is 0 Å². The van der Waals surface area contributed by atoms with E-state index in [4.69, 9.17) is 0 Å². The van der Waals surface area contributed by atoms with Gasteiger partial charge >= 0.3 is 0 Å². The Balaban J connectivity index is 1.76. The van der Waals surface area contributed by atoms with E-state index in [0.29, 0.717) is 11.6 Å². The standard InChI is InChI=1S/C20H21N3OS/c1-4-15-9-7-8-13(2)19(15)23-18(24)12-25-20-16-10-5-6-11-17(16)21-14(3)22-20/h5-11H,4,12H2,1-3H3,(H,23,24). The Labute approximate surface area is 152 Å². The molecule has 0 atom stereocenters. The molecule has 3 aromatic rings. The number of hydrogen-bond acceptors (Lipinski definition) is 4. The maximum absolute atomic E-state index is 12.5. The molecule has 0 aliphatic carbocycles. The molecule has 5 heteroatoms. The highest BCUT2D eigenvalue weighted by atomic mass is 32.2. The van der Waals surface area contributed by atoms with E-state index in [-0.39, 0.29) is 5.91 Å². The molecule has 0 aliphatic heterocycles. The molecule has 1 amide bonds. The Bertz CT molecular complexity index is 924. The van der Waals surface area contributed by atoms with Crippen LogP contribution in [-0.2, 0) is 11.2 Å². The van der Waals surface area contributed by atoms with Crippen LogP contribution < -0.4 is 5.32 Å². The lowest BCUT2D eigenvalue weighted by atomic mass is 10.1. The molecule has 25 heavy (non-hydrogen) atoms. The number of para-hydroxylation sites is 2. The van der Waals surface area contributed by atoms with E-state index >= 15 is 0 Å². The Morgan fingerprint density at radius 1 is 1.08 bits per heavy atom. The molecule has 128 valence electrons. The van der Waals surface area contributed by atoms with Gasteiger partial charge in [0, 0.05) is 11.1 Å². The second kappa shape index (κ2) is 7.66. The van der Waals surface area contributed by atoms with Crippen molar-refractivity contribution in [1.29, 1.82) is 0 Å². The molecule has 0 saturated heterocycles. The average molecular weight is 351 g/mol. The number of carbonyl (C=O) groups excluding carboxylic acids is 1. The molecule has 0 fully saturated rings. The van der Waals surface area contributed by atoms with Crippen LogP contribution in [0.5, 0.6) is 0 Å². The van der Waals surface area contributed by atoms with Crippen molar-refractivity contribution in [2.24, 2.45) is 0 Å². The Hall–Kier alpha value is -2.40. The summed E-state index contributed by atoms with van der Waals surface area (Å²) in [5, 5.41) is 4.89. The maximum Gasteiger partial charge on any atom is 0.234 e. The van der Waals surface area contributed by atoms with E-state index in [2.05, 4.69) is 28.3 Å². The fourth-order valence-corrected chi connectivity index (χ4v) is 3.64. The molecule has 1 aromatic heterocycles. The summed E-state index contributed by atoms with van der Waals surface area (Å²) >= 11 is 1.45. The van der Waals surface area contributed by atoms with Crippen LogP contribution in [0.3, 0.4) is 0 Å². The molecule has 0 unspecified atom stereocenters. The molecular weight excluding hydrogens is 330 g/mol. The van der Waals surface area contributed by atoms with Crippen molar-refractivity contribution < 1.29 is 4.79 Å². The minimum atomic E-state index is -0.0191. The van der Waals surface area contributed by atoms with Crippen LogP contribution in [0.15, 0.2) is 47.5 Å². The molecule has 3 rings (SSSR count). The van der Waals surface area contributed by atoms with Crippen LogP contribution in [-0.4, -0.2) is 21.6 Å². The SMILES string of the molecule is CCc1cccc(C)c1NC(=O)CSc1nc(C)nc2ccccc12. The fourth-order valence-electron chi connectivity index (χ4n) is 2.78. The summed E-state index contributed by atoms with van der Waals surface area (Å²) in [6, 6.07) is 14.0. The minimum absolute atomic E-state index is 0.0191. The number of amides is 1. The number of rotatable bonds is 5. The Morgan fingerprint density at radius 2 is 1.88 bits per heavy atom. The van der Waals surface area contributed by atoms with Crippen molar-refractivity contribution in [2.45, 2.75) is 32.2 Å². The summed E-state index contributed by atoms with van der Waals surface area (Å²) in [5.41, 5.74) is 4.08. The lowest BCUT2D eigenvalue weighted by molar-refractivity contribution is -0.113. The lowest BCUT2D eigenvalue weighted by Crippen LogP contribution is -2.16. The summed E-state index contributed by atoms with van der Waals surface area (Å²) in [7, 11) is 0. The lowest BCUT2D eigenvalue weighted by Gasteiger charge is -2.13. The monoisotopic (exact) mass is 351 g/mol. The number of nitrogens with one attached hydrogen (secondary N) is 1. The van der Waals surface area contributed by atoms with Gasteiger partial charge in [0.1, 0.15) is 10.9 Å². The molecule has 0 radical (unpaired) electrons. The fraction of sp³-hybridized carbons (Fsp3) is 0.250. The first kappa shape index (κ1) is 17.4. The van der Waals surface area contributed by atoms with Crippen LogP contribution in [0, 0.1) is 13.8 Å². The van der Waals surface area contributed by atoms with Crippen molar-refractivity contribution >= 4 is 34.3 Å². The zero-order valence-corrected chi connectivity index (χ0v) is 15.5. The first-order valence-electron chi connectivity index (χ1n) is 8.33. The van der Waals surface area contributed by atoms with Gasteiger partial charge in [-0.15, -0.1) is 0 Å². The van der Waals surface area contributed by atoms with Gasteiger partial charge in [-0.25, -0.2) is 9.97 Å². The third kappa shape index (κ3) is 3.99. The van der Waals surface area contributed by atoms with Crippen molar-refractivity contribution in [1.82, 2.24) is 9.97 Å². The Morgan fingerprint density at radius 3 is 2.68 bits per heavy atom. The van der Waals surface area contributed by atoms with E-state index in [1.165, 1.54) is 11.8 Å². The van der Waals surface area contributed by atoms with E-state index in [0.717, 1.165) is 39.2 Å². The average Bonchev–Trinajstić information content (AvgIpc) is 2.61. The number of hydrogen-bond donors (Lipinski definition) is 1. The van der Waals surface area contributed by atoms with Gasteiger partial charge in [-0.3, -0.25) is 4.79 Å². The van der Waals surface area contributed by atoms with Crippen LogP contribution in [0.1, 0.15) is 23.9 Å². The van der Waals surface area contributed by atoms with Crippen LogP contribution >= 0.6 is 11.8 Å². The number of aromatic nitrogens is 2. The largest absolute Gasteiger partial charge is 0.325 e. The third-order valence-electron chi connectivity index (χ3n) is 4.02. The number of fused-ring (bicyclic) bond motifs is 1. The first-order chi connectivity index (χ1) is 12.1. The molecule has 4 nitrogen and oxygen atoms in total. The summed E-state index contributed by atoms with van der Waals surface area (Å²) in [6.07, 6.45) is 0.889. The number of nitrogens with zero attached hydrogens (tertiary/aromatic N) is 2. The van der Waals surface area contributed by atoms with Gasteiger partial charge in [-0.05, 0) is 37.5 Å². The van der Waals surface area contributed by atoms with Crippen LogP contribution in [0.2, 0.25) is 0 Å². The summed E-state index contributed by atoms with van der Waals surface area (Å²) in [6.45, 7) is 5.98. The van der Waals surface area contributed by atoms with Gasteiger partial charge in [-0.1, -0.05) is 55.1 Å². The van der Waals surface area contributed by atoms with Gasteiger partial charge in [0.05, 0.1) is 11.3 Å². The summed E-state index contributed by atoms with van der Waals surface area (Å²) in [4.78, 5) is 21.4. The second-order valence-corrected chi connectivity index (χ2v) is 6.86. The van der Waals surface area contributed by atoms with Gasteiger partial charge in [-0.2, -0.15) is 0 Å². The number of carbonyl (C=O) groups is 1. The van der Waals surface area contributed by atoms with Crippen LogP contribution in [0.25, 0.3) is 10.9 Å². The van der Waals surface area contributed by atoms with Crippen LogP contribution in [0.4, 0.5) is 5.69 Å². The smallest absolute Gasteiger partial charge is 0.234 e. The van der Waals surface area contributed by atoms with Crippen molar-refractivity contribution in [2.75, 3.05) is 11.1 Å². The summed E-state index contributed by atoms with van der Waals surface area (Å²) < 4.78 is 0. The number of anilines is 1. The van der Waals surface area contributed by atoms with E-state index in [9.17, 15) is 4.79 Å². The van der Waals surface area contributed by atoms with E-state index < -0.39 is 0 Å². The molecule has 1 heterocycles. The quantitative estimate of drug-likeness (QED) is 0.542. The van der Waals surface area contributed by atoms with Gasteiger partial charge in [0.15, 0.2) is 0 Å². The van der Waals surface area contributed by atoms with E-state index in [1.807, 2.05) is 50.2 Å². The minimum Gasteiger partial charge on any atom is -0.325 e. The molecule has 0 aliphatic rings. The van der Waals surface area contributed by atoms with Gasteiger partial charge in [0.25, 0.3) is 0 Å². The molecule has 0 bridgehead atoms. The maximum atomic E-state index is 12.5. The van der Waals surface area contributed by atoms with Gasteiger partial charge < -0.3 is 5.32 Å². The molecule has 1 N–H and O–H groups in total. The molecule has 0 saturated carbocycles. The van der Waals surface area contributed by atoms with E-state index in [1.54, 1.807) is 0 Å². The number of aryl methyl sites for hydroxylation is 3. The zero-order chi connectivity index (χ0) is 17.8. The number of thioether (sulfide) groups is 1. The zero-order valence-electron chi connectivity index (χ0n) is 14.7. The molecule has 2 aromatic carbocycles. The topological polar surface area (TPSA) is 54.9 Å². The molecular formula is C20H21N3OS. The predicted octanol–water partition coefficient (Wildman–Crippen LogP) is 4.54. The normalized spacial score (nSPS) is 10.8. The second-order valence-electron chi connectivity index (χ2n) is 5.89. The Kier molecular flexibility index (Phi) is 5.34. The predicted molar refractivity (Wildman–Crippen MR) is 104 cm³/mol. The third-order valence-corrected chi connectivity index (χ3v) is 5.02. The highest BCUT2D eigenvalue weighted by Gasteiger charge is 2.11. The highest BCUT2D eigenvalue weighted by molar-refractivity contribution is 8.00. The van der Waals surface area contributed by atoms with Crippen molar-refractivity contribution in [3.8, 4) is 0 Å². The highest BCUT2D eigenvalue weighted by Crippen LogP contribution is 2.26. The molecule has 0 spiro atoms. The number of benzene rings is 2.